The first-order valence-electron chi connectivity index (χ1n) is 13.2. The minimum atomic E-state index is -5.08. The van der Waals surface area contributed by atoms with Gasteiger partial charge in [-0.15, -0.1) is 0 Å². The summed E-state index contributed by atoms with van der Waals surface area (Å²) < 4.78 is 68.6. The molecule has 0 aromatic heterocycles. The molecule has 42 heavy (non-hydrogen) atoms. The molecule has 0 radical (unpaired) electrons. The summed E-state index contributed by atoms with van der Waals surface area (Å²) in [6.07, 6.45) is 0.0545. The van der Waals surface area contributed by atoms with E-state index < -0.39 is 39.6 Å². The van der Waals surface area contributed by atoms with Crippen LogP contribution in [0, 0.1) is 5.82 Å². The number of piperidine rings is 1. The fourth-order valence-electron chi connectivity index (χ4n) is 5.51. The third-order valence-electron chi connectivity index (χ3n) is 7.42. The summed E-state index contributed by atoms with van der Waals surface area (Å²) in [7, 11) is -3.47. The maximum absolute atomic E-state index is 13.3. The number of aliphatic carboxylic acids is 1. The molecular formula is C28H33F4N3O6S. The molecule has 2 saturated heterocycles. The maximum Gasteiger partial charge on any atom is 0.490 e. The van der Waals surface area contributed by atoms with Crippen LogP contribution in [0.4, 0.5) is 17.6 Å². The van der Waals surface area contributed by atoms with E-state index in [-0.39, 0.29) is 12.4 Å². The topological polar surface area (TPSA) is 138 Å². The quantitative estimate of drug-likeness (QED) is 0.413. The van der Waals surface area contributed by atoms with Crippen molar-refractivity contribution < 1.29 is 45.5 Å². The van der Waals surface area contributed by atoms with E-state index in [9.17, 15) is 35.6 Å². The Labute approximate surface area is 241 Å². The number of alkyl halides is 3. The predicted molar refractivity (Wildman–Crippen MR) is 146 cm³/mol. The third kappa shape index (κ3) is 9.51. The Morgan fingerprint density at radius 2 is 1.62 bits per heavy atom. The summed E-state index contributed by atoms with van der Waals surface area (Å²) in [5.41, 5.74) is 7.88. The van der Waals surface area contributed by atoms with Crippen molar-refractivity contribution in [3.8, 4) is 0 Å². The fraction of sp³-hybridized carbons (Fsp3) is 0.464. The average molecular weight is 616 g/mol. The van der Waals surface area contributed by atoms with Crippen LogP contribution in [0.15, 0.2) is 48.5 Å². The zero-order chi connectivity index (χ0) is 31.2. The van der Waals surface area contributed by atoms with Gasteiger partial charge in [-0.05, 0) is 67.0 Å². The molecule has 2 amide bonds. The number of primary amides is 1. The molecule has 0 saturated carbocycles. The fourth-order valence-corrected chi connectivity index (χ4v) is 6.14. The van der Waals surface area contributed by atoms with Crippen LogP contribution in [0.25, 0.3) is 0 Å². The average Bonchev–Trinajstić information content (AvgIpc) is 3.12. The number of hydrogen-bond acceptors (Lipinski definition) is 6. The van der Waals surface area contributed by atoms with Gasteiger partial charge >= 0.3 is 12.1 Å². The molecule has 1 unspecified atom stereocenters. The van der Waals surface area contributed by atoms with Gasteiger partial charge in [-0.2, -0.15) is 13.2 Å². The Morgan fingerprint density at radius 1 is 1.05 bits per heavy atom. The molecule has 2 bridgehead atoms. The number of amides is 2. The lowest BCUT2D eigenvalue weighted by Crippen LogP contribution is -2.47. The molecule has 2 fully saturated rings. The number of benzene rings is 2. The summed E-state index contributed by atoms with van der Waals surface area (Å²) >= 11 is 0. The largest absolute Gasteiger partial charge is 0.490 e. The Morgan fingerprint density at radius 3 is 2.12 bits per heavy atom. The highest BCUT2D eigenvalue weighted by Crippen LogP contribution is 2.43. The Bertz CT molecular complexity index is 1370. The second kappa shape index (κ2) is 13.6. The smallest absolute Gasteiger partial charge is 0.475 e. The molecule has 230 valence electrons. The van der Waals surface area contributed by atoms with Gasteiger partial charge in [0.15, 0.2) is 9.84 Å². The van der Waals surface area contributed by atoms with Gasteiger partial charge in [0.05, 0.1) is 0 Å². The van der Waals surface area contributed by atoms with E-state index in [4.69, 9.17) is 15.6 Å². The van der Waals surface area contributed by atoms with Crippen LogP contribution >= 0.6 is 0 Å². The minimum Gasteiger partial charge on any atom is -0.475 e. The van der Waals surface area contributed by atoms with Crippen LogP contribution in [0.5, 0.6) is 0 Å². The van der Waals surface area contributed by atoms with Crippen LogP contribution in [0.1, 0.15) is 53.1 Å². The second-order valence-electron chi connectivity index (χ2n) is 10.6. The molecule has 4 rings (SSSR count). The van der Waals surface area contributed by atoms with Crippen LogP contribution in [-0.2, 0) is 26.0 Å². The number of hydrogen-bond donors (Lipinski definition) is 2. The molecule has 2 aromatic rings. The van der Waals surface area contributed by atoms with E-state index in [1.807, 2.05) is 12.1 Å². The van der Waals surface area contributed by atoms with Gasteiger partial charge in [0, 0.05) is 43.5 Å². The Balaban J connectivity index is 0.000000616. The van der Waals surface area contributed by atoms with Crippen LogP contribution in [0.2, 0.25) is 0 Å². The molecule has 9 nitrogen and oxygen atoms in total. The summed E-state index contributed by atoms with van der Waals surface area (Å²) in [6.45, 7) is 1.29. The Kier molecular flexibility index (Phi) is 10.7. The van der Waals surface area contributed by atoms with Crippen molar-refractivity contribution in [3.63, 3.8) is 0 Å². The van der Waals surface area contributed by atoms with Crippen LogP contribution in [-0.4, -0.2) is 84.5 Å². The second-order valence-corrected chi connectivity index (χ2v) is 12.7. The lowest BCUT2D eigenvalue weighted by atomic mass is 9.84. The van der Waals surface area contributed by atoms with E-state index in [2.05, 4.69) is 11.0 Å². The molecule has 14 heteroatoms. The number of sulfone groups is 1. The Hall–Kier alpha value is -3.52. The maximum atomic E-state index is 13.3. The molecule has 2 aliphatic rings. The number of carbonyl (C=O) groups is 3. The zero-order valence-electron chi connectivity index (χ0n) is 22.9. The lowest BCUT2D eigenvalue weighted by Gasteiger charge is -2.40. The van der Waals surface area contributed by atoms with E-state index in [1.165, 1.54) is 12.1 Å². The minimum absolute atomic E-state index is 0.236. The molecule has 0 aliphatic carbocycles. The number of halogens is 4. The molecule has 2 heterocycles. The van der Waals surface area contributed by atoms with Crippen molar-refractivity contribution >= 4 is 27.6 Å². The van der Waals surface area contributed by atoms with Gasteiger partial charge < -0.3 is 15.7 Å². The number of carbonyl (C=O) groups excluding carboxylic acids is 2. The van der Waals surface area contributed by atoms with Crippen molar-refractivity contribution in [1.82, 2.24) is 9.80 Å². The van der Waals surface area contributed by atoms with Crippen molar-refractivity contribution in [1.29, 1.82) is 0 Å². The van der Waals surface area contributed by atoms with E-state index >= 15 is 0 Å². The molecule has 3 N–H and O–H groups in total. The molecule has 2 aliphatic heterocycles. The van der Waals surface area contributed by atoms with Gasteiger partial charge in [-0.25, -0.2) is 17.6 Å². The molecule has 2 aromatic carbocycles. The van der Waals surface area contributed by atoms with Crippen molar-refractivity contribution in [2.75, 3.05) is 25.1 Å². The van der Waals surface area contributed by atoms with Crippen molar-refractivity contribution in [2.24, 2.45) is 5.73 Å². The first-order valence-corrected chi connectivity index (χ1v) is 15.2. The van der Waals surface area contributed by atoms with Gasteiger partial charge in [0.1, 0.15) is 11.6 Å². The first-order chi connectivity index (χ1) is 19.5. The normalized spacial score (nSPS) is 20.4. The van der Waals surface area contributed by atoms with E-state index in [0.29, 0.717) is 36.7 Å². The van der Waals surface area contributed by atoms with Crippen LogP contribution in [0.3, 0.4) is 0 Å². The first kappa shape index (κ1) is 33.0. The number of carboxylic acid groups (broad SMARTS) is 1. The van der Waals surface area contributed by atoms with Gasteiger partial charge in [-0.1, -0.05) is 24.3 Å². The van der Waals surface area contributed by atoms with Gasteiger partial charge in [0.2, 0.25) is 11.8 Å². The summed E-state index contributed by atoms with van der Waals surface area (Å²) in [4.78, 5) is 37.3. The number of rotatable bonds is 9. The lowest BCUT2D eigenvalue weighted by molar-refractivity contribution is -0.192. The highest BCUT2D eigenvalue weighted by molar-refractivity contribution is 7.91. The van der Waals surface area contributed by atoms with Gasteiger partial charge in [0.25, 0.3) is 0 Å². The standard InChI is InChI=1S/C26H32FN3O4S.C2HF3O2/c1-35(33,34)17-25(31)29(16-18-5-7-22(27)8-6-18)11-12-30-23-9-10-24(30)15-21(14-23)19-3-2-4-20(13-19)26(28)32;3-2(4,5)1(6)7/h2-8,13,21,23-24H,9-12,14-17H2,1H3,(H2,28,32);(H,6,7)/t21?,23-,24+;. The number of nitrogens with two attached hydrogens (primary N) is 1. The SMILES string of the molecule is CS(=O)(=O)CC(=O)N(CCN1[C@@H]2CC[C@H]1CC(c1cccc(C(N)=O)c1)C2)Cc1ccc(F)cc1.O=C(O)C(F)(F)F. The number of carboxylic acids is 1. The monoisotopic (exact) mass is 615 g/mol. The highest BCUT2D eigenvalue weighted by Gasteiger charge is 2.41. The predicted octanol–water partition coefficient (Wildman–Crippen LogP) is 3.34. The summed E-state index contributed by atoms with van der Waals surface area (Å²) in [5.74, 6) is -4.17. The van der Waals surface area contributed by atoms with Crippen LogP contribution < -0.4 is 5.73 Å². The summed E-state index contributed by atoms with van der Waals surface area (Å²) in [5, 5.41) is 7.12. The van der Waals surface area contributed by atoms with E-state index in [1.54, 1.807) is 23.1 Å². The number of nitrogens with zero attached hydrogens (tertiary/aromatic N) is 2. The molecule has 0 spiro atoms. The highest BCUT2D eigenvalue weighted by atomic mass is 32.2. The van der Waals surface area contributed by atoms with Crippen molar-refractivity contribution in [3.05, 3.63) is 71.0 Å². The number of fused-ring (bicyclic) bond motifs is 2. The molecular weight excluding hydrogens is 582 g/mol. The van der Waals surface area contributed by atoms with Crippen molar-refractivity contribution in [2.45, 2.75) is 56.4 Å². The zero-order valence-corrected chi connectivity index (χ0v) is 23.7. The molecule has 3 atom stereocenters. The third-order valence-corrected chi connectivity index (χ3v) is 8.19. The van der Waals surface area contributed by atoms with Gasteiger partial charge in [-0.3, -0.25) is 14.5 Å². The summed E-state index contributed by atoms with van der Waals surface area (Å²) in [6, 6.07) is 14.2. The van der Waals surface area contributed by atoms with E-state index in [0.717, 1.165) is 43.1 Å².